The van der Waals surface area contributed by atoms with Gasteiger partial charge in [0.2, 0.25) is 0 Å². The van der Waals surface area contributed by atoms with E-state index in [1.54, 1.807) is 6.07 Å². The van der Waals surface area contributed by atoms with Gasteiger partial charge in [-0.05, 0) is 44.0 Å². The summed E-state index contributed by atoms with van der Waals surface area (Å²) >= 11 is 0. The van der Waals surface area contributed by atoms with Gasteiger partial charge in [0, 0.05) is 13.1 Å². The van der Waals surface area contributed by atoms with Crippen molar-refractivity contribution in [3.8, 4) is 0 Å². The van der Waals surface area contributed by atoms with Gasteiger partial charge in [0.15, 0.2) is 5.65 Å². The number of hydrogen-bond acceptors (Lipinski definition) is 6. The third-order valence-electron chi connectivity index (χ3n) is 3.91. The Balaban J connectivity index is 1.64. The fraction of sp³-hybridized carbons (Fsp3) is 0.533. The van der Waals surface area contributed by atoms with Gasteiger partial charge in [0.1, 0.15) is 18.0 Å². The number of aromatic nitrogens is 3. The van der Waals surface area contributed by atoms with Gasteiger partial charge < -0.3 is 16.0 Å². The number of rotatable bonds is 5. The van der Waals surface area contributed by atoms with Gasteiger partial charge in [0.25, 0.3) is 0 Å². The summed E-state index contributed by atoms with van der Waals surface area (Å²) in [5.41, 5.74) is 6.33. The first-order valence-corrected chi connectivity index (χ1v) is 7.56. The van der Waals surface area contributed by atoms with Crippen molar-refractivity contribution in [3.05, 3.63) is 18.5 Å². The van der Waals surface area contributed by atoms with Crippen molar-refractivity contribution < 1.29 is 0 Å². The van der Waals surface area contributed by atoms with Gasteiger partial charge in [-0.15, -0.1) is 0 Å². The molecule has 3 rings (SSSR count). The molecule has 0 bridgehead atoms. The fourth-order valence-corrected chi connectivity index (χ4v) is 2.84. The molecule has 21 heavy (non-hydrogen) atoms. The highest BCUT2D eigenvalue weighted by molar-refractivity contribution is 5.86. The molecule has 2 aromatic heterocycles. The van der Waals surface area contributed by atoms with Crippen molar-refractivity contribution in [1.82, 2.24) is 19.9 Å². The molecule has 0 radical (unpaired) electrons. The van der Waals surface area contributed by atoms with Crippen molar-refractivity contribution >= 4 is 22.7 Å². The van der Waals surface area contributed by atoms with E-state index >= 15 is 0 Å². The zero-order valence-electron chi connectivity index (χ0n) is 12.4. The van der Waals surface area contributed by atoms with Crippen LogP contribution in [0.15, 0.2) is 18.5 Å². The highest BCUT2D eigenvalue weighted by Gasteiger charge is 2.15. The fourth-order valence-electron chi connectivity index (χ4n) is 2.84. The highest BCUT2D eigenvalue weighted by atomic mass is 15.1. The molecular formula is C15H22N6. The maximum absolute atomic E-state index is 5.69. The molecule has 1 aliphatic heterocycles. The van der Waals surface area contributed by atoms with Gasteiger partial charge in [-0.25, -0.2) is 15.0 Å². The summed E-state index contributed by atoms with van der Waals surface area (Å²) in [4.78, 5) is 15.2. The first-order valence-electron chi connectivity index (χ1n) is 7.56. The van der Waals surface area contributed by atoms with E-state index in [4.69, 9.17) is 5.73 Å². The smallest absolute Gasteiger partial charge is 0.166 e. The lowest BCUT2D eigenvalue weighted by atomic mass is 10.1. The molecule has 1 saturated heterocycles. The van der Waals surface area contributed by atoms with Gasteiger partial charge in [-0.1, -0.05) is 6.92 Å². The first kappa shape index (κ1) is 14.0. The second-order valence-corrected chi connectivity index (χ2v) is 5.82. The van der Waals surface area contributed by atoms with E-state index in [2.05, 4.69) is 32.1 Å². The lowest BCUT2D eigenvalue weighted by Crippen LogP contribution is -2.29. The molecule has 0 spiro atoms. The Labute approximate surface area is 124 Å². The van der Waals surface area contributed by atoms with E-state index in [0.29, 0.717) is 17.4 Å². The van der Waals surface area contributed by atoms with Crippen molar-refractivity contribution in [1.29, 1.82) is 0 Å². The normalized spacial score (nSPS) is 17.2. The molecule has 112 valence electrons. The standard InChI is InChI=1S/C15H22N6/c1-11(9-21-6-2-3-7-21)8-17-14-12-4-5-13(16)20-15(12)19-10-18-14/h4-5,10-11H,2-3,6-9H2,1H3,(H3,16,17,18,19,20). The lowest BCUT2D eigenvalue weighted by Gasteiger charge is -2.20. The minimum atomic E-state index is 0.481. The maximum Gasteiger partial charge on any atom is 0.166 e. The second kappa shape index (κ2) is 6.22. The highest BCUT2D eigenvalue weighted by Crippen LogP contribution is 2.19. The van der Waals surface area contributed by atoms with Gasteiger partial charge in [-0.3, -0.25) is 0 Å². The molecule has 0 aliphatic carbocycles. The van der Waals surface area contributed by atoms with Crippen LogP contribution in [-0.2, 0) is 0 Å². The number of nitrogens with zero attached hydrogens (tertiary/aromatic N) is 4. The van der Waals surface area contributed by atoms with Crippen LogP contribution in [0.5, 0.6) is 0 Å². The molecule has 1 aliphatic rings. The molecule has 1 atom stereocenters. The molecule has 1 fully saturated rings. The summed E-state index contributed by atoms with van der Waals surface area (Å²) in [5.74, 6) is 1.89. The van der Waals surface area contributed by atoms with E-state index in [1.165, 1.54) is 32.3 Å². The predicted octanol–water partition coefficient (Wildman–Crippen LogP) is 1.75. The van der Waals surface area contributed by atoms with Gasteiger partial charge >= 0.3 is 0 Å². The number of likely N-dealkylation sites (tertiary alicyclic amines) is 1. The summed E-state index contributed by atoms with van der Waals surface area (Å²) in [5, 5.41) is 4.34. The number of nitrogens with one attached hydrogen (secondary N) is 1. The molecule has 6 heteroatoms. The van der Waals surface area contributed by atoms with Crippen molar-refractivity contribution in [2.45, 2.75) is 19.8 Å². The average Bonchev–Trinajstić information content (AvgIpc) is 2.97. The Bertz CT molecular complexity index is 608. The maximum atomic E-state index is 5.69. The van der Waals surface area contributed by atoms with E-state index in [1.807, 2.05) is 6.07 Å². The summed E-state index contributed by atoms with van der Waals surface area (Å²) in [7, 11) is 0. The number of anilines is 2. The minimum Gasteiger partial charge on any atom is -0.384 e. The van der Waals surface area contributed by atoms with Crippen LogP contribution in [0.3, 0.4) is 0 Å². The van der Waals surface area contributed by atoms with E-state index in [-0.39, 0.29) is 0 Å². The first-order chi connectivity index (χ1) is 10.2. The topological polar surface area (TPSA) is 80.0 Å². The summed E-state index contributed by atoms with van der Waals surface area (Å²) < 4.78 is 0. The zero-order valence-corrected chi connectivity index (χ0v) is 12.4. The summed E-state index contributed by atoms with van der Waals surface area (Å²) in [6, 6.07) is 3.70. The monoisotopic (exact) mass is 286 g/mol. The Kier molecular flexibility index (Phi) is 4.15. The van der Waals surface area contributed by atoms with E-state index in [0.717, 1.165) is 24.3 Å². The number of fused-ring (bicyclic) bond motifs is 1. The Morgan fingerprint density at radius 3 is 2.90 bits per heavy atom. The number of nitrogens with two attached hydrogens (primary N) is 1. The van der Waals surface area contributed by atoms with Gasteiger partial charge in [-0.2, -0.15) is 0 Å². The molecule has 6 nitrogen and oxygen atoms in total. The van der Waals surface area contributed by atoms with Crippen LogP contribution < -0.4 is 11.1 Å². The van der Waals surface area contributed by atoms with Crippen LogP contribution in [0.4, 0.5) is 11.6 Å². The minimum absolute atomic E-state index is 0.481. The third-order valence-corrected chi connectivity index (χ3v) is 3.91. The van der Waals surface area contributed by atoms with E-state index < -0.39 is 0 Å². The molecule has 0 aromatic carbocycles. The molecule has 3 N–H and O–H groups in total. The quantitative estimate of drug-likeness (QED) is 0.871. The van der Waals surface area contributed by atoms with Crippen LogP contribution in [0, 0.1) is 5.92 Å². The van der Waals surface area contributed by atoms with Crippen LogP contribution >= 0.6 is 0 Å². The molecule has 0 saturated carbocycles. The molecule has 1 unspecified atom stereocenters. The summed E-state index contributed by atoms with van der Waals surface area (Å²) in [6.07, 6.45) is 4.20. The van der Waals surface area contributed by atoms with Crippen molar-refractivity contribution in [3.63, 3.8) is 0 Å². The van der Waals surface area contributed by atoms with Crippen LogP contribution in [0.2, 0.25) is 0 Å². The third kappa shape index (κ3) is 3.39. The molecule has 0 amide bonds. The average molecular weight is 286 g/mol. The predicted molar refractivity (Wildman–Crippen MR) is 85.1 cm³/mol. The Morgan fingerprint density at radius 2 is 2.10 bits per heavy atom. The molecular weight excluding hydrogens is 264 g/mol. The summed E-state index contributed by atoms with van der Waals surface area (Å²) in [6.45, 7) is 6.78. The second-order valence-electron chi connectivity index (χ2n) is 5.82. The SMILES string of the molecule is CC(CNc1ncnc2nc(N)ccc12)CN1CCCC1. The van der Waals surface area contributed by atoms with Gasteiger partial charge in [0.05, 0.1) is 5.39 Å². The van der Waals surface area contributed by atoms with Crippen LogP contribution in [0.1, 0.15) is 19.8 Å². The molecule has 3 heterocycles. The number of hydrogen-bond donors (Lipinski definition) is 2. The zero-order chi connectivity index (χ0) is 14.7. The van der Waals surface area contributed by atoms with Crippen LogP contribution in [-0.4, -0.2) is 46.0 Å². The van der Waals surface area contributed by atoms with E-state index in [9.17, 15) is 0 Å². The lowest BCUT2D eigenvalue weighted by molar-refractivity contribution is 0.294. The Hall–Kier alpha value is -1.95. The molecule has 2 aromatic rings. The van der Waals surface area contributed by atoms with Crippen molar-refractivity contribution in [2.75, 3.05) is 37.2 Å². The number of nitrogen functional groups attached to an aromatic ring is 1. The largest absolute Gasteiger partial charge is 0.384 e. The van der Waals surface area contributed by atoms with Crippen molar-refractivity contribution in [2.24, 2.45) is 5.92 Å². The Morgan fingerprint density at radius 1 is 1.29 bits per heavy atom. The van der Waals surface area contributed by atoms with Crippen LogP contribution in [0.25, 0.3) is 11.0 Å². The number of pyridine rings is 1.